The average Bonchev–Trinajstić information content (AvgIpc) is 2.12. The number of halogens is 3. The van der Waals surface area contributed by atoms with E-state index < -0.39 is 11.6 Å². The van der Waals surface area contributed by atoms with Gasteiger partial charge in [-0.15, -0.1) is 0 Å². The molecule has 0 saturated heterocycles. The topological polar surface area (TPSA) is 0 Å². The maximum Gasteiger partial charge on any atom is 0.167 e. The molecule has 0 nitrogen and oxygen atoms in total. The van der Waals surface area contributed by atoms with Crippen LogP contribution in [0.4, 0.5) is 8.78 Å². The number of rotatable bonds is 0. The van der Waals surface area contributed by atoms with E-state index >= 15 is 0 Å². The molecule has 3 heteroatoms. The highest BCUT2D eigenvalue weighted by atomic mass is 127. The third-order valence-electron chi connectivity index (χ3n) is 1.88. The van der Waals surface area contributed by atoms with Crippen molar-refractivity contribution in [1.82, 2.24) is 0 Å². The molecule has 2 aromatic rings. The summed E-state index contributed by atoms with van der Waals surface area (Å²) in [5.74, 6) is -1.56. The van der Waals surface area contributed by atoms with E-state index in [0.29, 0.717) is 5.39 Å². The molecule has 0 amide bonds. The molecular formula is C10H5F2I. The highest BCUT2D eigenvalue weighted by molar-refractivity contribution is 14.1. The normalized spacial score (nSPS) is 10.7. The van der Waals surface area contributed by atoms with Gasteiger partial charge in [-0.25, -0.2) is 8.78 Å². The first-order valence-electron chi connectivity index (χ1n) is 3.72. The molecular weight excluding hydrogens is 285 g/mol. The van der Waals surface area contributed by atoms with Gasteiger partial charge in [-0.05, 0) is 40.1 Å². The van der Waals surface area contributed by atoms with Crippen LogP contribution < -0.4 is 0 Å². The van der Waals surface area contributed by atoms with Crippen LogP contribution in [0.1, 0.15) is 0 Å². The second kappa shape index (κ2) is 3.21. The van der Waals surface area contributed by atoms with E-state index in [-0.39, 0.29) is 0 Å². The lowest BCUT2D eigenvalue weighted by molar-refractivity contribution is 0.517. The van der Waals surface area contributed by atoms with E-state index in [4.69, 9.17) is 0 Å². The van der Waals surface area contributed by atoms with Crippen molar-refractivity contribution in [1.29, 1.82) is 0 Å². The van der Waals surface area contributed by atoms with E-state index in [1.807, 2.05) is 28.7 Å². The summed E-state index contributed by atoms with van der Waals surface area (Å²) in [6.45, 7) is 0. The smallest absolute Gasteiger partial charge is 0.167 e. The second-order valence-corrected chi connectivity index (χ2v) is 3.86. The summed E-state index contributed by atoms with van der Waals surface area (Å²) >= 11 is 1.99. The number of benzene rings is 2. The monoisotopic (exact) mass is 290 g/mol. The van der Waals surface area contributed by atoms with Crippen LogP contribution in [0.2, 0.25) is 0 Å². The molecule has 0 heterocycles. The van der Waals surface area contributed by atoms with Gasteiger partial charge in [0, 0.05) is 8.96 Å². The predicted molar refractivity (Wildman–Crippen MR) is 56.6 cm³/mol. The van der Waals surface area contributed by atoms with Gasteiger partial charge in [0.2, 0.25) is 0 Å². The van der Waals surface area contributed by atoms with Crippen molar-refractivity contribution in [2.45, 2.75) is 0 Å². The lowest BCUT2D eigenvalue weighted by Gasteiger charge is -2.02. The van der Waals surface area contributed by atoms with Gasteiger partial charge in [0.1, 0.15) is 0 Å². The Labute approximate surface area is 87.7 Å². The Morgan fingerprint density at radius 1 is 1.00 bits per heavy atom. The molecule has 0 fully saturated rings. The van der Waals surface area contributed by atoms with Gasteiger partial charge in [0.25, 0.3) is 0 Å². The summed E-state index contributed by atoms with van der Waals surface area (Å²) < 4.78 is 26.9. The maximum atomic E-state index is 13.3. The molecule has 0 aliphatic rings. The quantitative estimate of drug-likeness (QED) is 0.649. The van der Waals surface area contributed by atoms with Crippen molar-refractivity contribution < 1.29 is 8.78 Å². The molecule has 0 saturated carbocycles. The Morgan fingerprint density at radius 3 is 2.54 bits per heavy atom. The molecule has 0 aliphatic carbocycles. The van der Waals surface area contributed by atoms with Crippen LogP contribution in [0.5, 0.6) is 0 Å². The molecule has 0 unspecified atom stereocenters. The van der Waals surface area contributed by atoms with Crippen LogP contribution in [0, 0.1) is 15.2 Å². The van der Waals surface area contributed by atoms with Crippen molar-refractivity contribution in [2.75, 3.05) is 0 Å². The molecule has 0 atom stereocenters. The zero-order valence-corrected chi connectivity index (χ0v) is 8.68. The van der Waals surface area contributed by atoms with Gasteiger partial charge in [0.15, 0.2) is 11.6 Å². The molecule has 0 radical (unpaired) electrons. The maximum absolute atomic E-state index is 13.3. The van der Waals surface area contributed by atoms with E-state index in [1.54, 1.807) is 18.2 Å². The van der Waals surface area contributed by atoms with Gasteiger partial charge in [0.05, 0.1) is 0 Å². The van der Waals surface area contributed by atoms with E-state index in [2.05, 4.69) is 0 Å². The molecule has 0 aliphatic heterocycles. The van der Waals surface area contributed by atoms with Crippen LogP contribution in [0.15, 0.2) is 30.3 Å². The summed E-state index contributed by atoms with van der Waals surface area (Å²) in [6.07, 6.45) is 0. The SMILES string of the molecule is Fc1ccc2cccc(I)c2c1F. The minimum Gasteiger partial charge on any atom is -0.204 e. The minimum atomic E-state index is -0.795. The molecule has 2 aromatic carbocycles. The van der Waals surface area contributed by atoms with Gasteiger partial charge < -0.3 is 0 Å². The predicted octanol–water partition coefficient (Wildman–Crippen LogP) is 3.72. The number of hydrogen-bond donors (Lipinski definition) is 0. The fourth-order valence-electron chi connectivity index (χ4n) is 1.27. The van der Waals surface area contributed by atoms with Gasteiger partial charge in [-0.1, -0.05) is 18.2 Å². The van der Waals surface area contributed by atoms with E-state index in [0.717, 1.165) is 15.0 Å². The summed E-state index contributed by atoms with van der Waals surface area (Å²) in [5, 5.41) is 1.09. The molecule has 13 heavy (non-hydrogen) atoms. The highest BCUT2D eigenvalue weighted by Gasteiger charge is 2.08. The van der Waals surface area contributed by atoms with Crippen molar-refractivity contribution in [3.63, 3.8) is 0 Å². The summed E-state index contributed by atoms with van der Waals surface area (Å²) in [7, 11) is 0. The Bertz CT molecular complexity index is 466. The van der Waals surface area contributed by atoms with Crippen LogP contribution >= 0.6 is 22.6 Å². The first-order chi connectivity index (χ1) is 6.20. The van der Waals surface area contributed by atoms with Gasteiger partial charge >= 0.3 is 0 Å². The van der Waals surface area contributed by atoms with E-state index in [1.165, 1.54) is 0 Å². The van der Waals surface area contributed by atoms with Gasteiger partial charge in [-0.3, -0.25) is 0 Å². The van der Waals surface area contributed by atoms with Crippen molar-refractivity contribution in [2.24, 2.45) is 0 Å². The van der Waals surface area contributed by atoms with Crippen LogP contribution in [0.25, 0.3) is 10.8 Å². The Hall–Kier alpha value is -0.710. The lowest BCUT2D eigenvalue weighted by atomic mass is 10.1. The molecule has 0 bridgehead atoms. The molecule has 0 aromatic heterocycles. The van der Waals surface area contributed by atoms with Crippen LogP contribution in [-0.2, 0) is 0 Å². The highest BCUT2D eigenvalue weighted by Crippen LogP contribution is 2.24. The molecule has 2 rings (SSSR count). The van der Waals surface area contributed by atoms with Crippen LogP contribution in [-0.4, -0.2) is 0 Å². The van der Waals surface area contributed by atoms with E-state index in [9.17, 15) is 8.78 Å². The lowest BCUT2D eigenvalue weighted by Crippen LogP contribution is -1.88. The Balaban J connectivity index is 2.97. The summed E-state index contributed by atoms with van der Waals surface area (Å²) in [6, 6.07) is 8.07. The summed E-state index contributed by atoms with van der Waals surface area (Å²) in [4.78, 5) is 0. The molecule has 0 spiro atoms. The molecule has 66 valence electrons. The third kappa shape index (κ3) is 1.41. The Morgan fingerprint density at radius 2 is 1.77 bits per heavy atom. The third-order valence-corrected chi connectivity index (χ3v) is 2.78. The average molecular weight is 290 g/mol. The Kier molecular flexibility index (Phi) is 2.19. The first kappa shape index (κ1) is 8.87. The fraction of sp³-hybridized carbons (Fsp3) is 0. The minimum absolute atomic E-state index is 0.364. The van der Waals surface area contributed by atoms with Gasteiger partial charge in [-0.2, -0.15) is 0 Å². The first-order valence-corrected chi connectivity index (χ1v) is 4.80. The van der Waals surface area contributed by atoms with Crippen molar-refractivity contribution in [3.8, 4) is 0 Å². The largest absolute Gasteiger partial charge is 0.204 e. The number of fused-ring (bicyclic) bond motifs is 1. The van der Waals surface area contributed by atoms with Crippen molar-refractivity contribution in [3.05, 3.63) is 45.5 Å². The second-order valence-electron chi connectivity index (χ2n) is 2.70. The fourth-order valence-corrected chi connectivity index (χ4v) is 2.02. The zero-order valence-electron chi connectivity index (χ0n) is 6.52. The number of hydrogen-bond acceptors (Lipinski definition) is 0. The summed E-state index contributed by atoms with van der Waals surface area (Å²) in [5.41, 5.74) is 0. The zero-order chi connectivity index (χ0) is 9.42. The van der Waals surface area contributed by atoms with Crippen molar-refractivity contribution >= 4 is 33.4 Å². The standard InChI is InChI=1S/C10H5F2I/c11-7-5-4-6-2-1-3-8(13)9(6)10(7)12/h1-5H. The molecule has 0 N–H and O–H groups in total. The van der Waals surface area contributed by atoms with Crippen LogP contribution in [0.3, 0.4) is 0 Å².